The fourth-order valence-electron chi connectivity index (χ4n) is 3.09. The minimum Gasteiger partial charge on any atom is -0.338 e. The number of halogens is 1. The molecule has 0 aliphatic carbocycles. The van der Waals surface area contributed by atoms with Crippen LogP contribution in [0.15, 0.2) is 45.1 Å². The molecule has 146 valence electrons. The Balaban J connectivity index is 1.35. The zero-order valence-electron chi connectivity index (χ0n) is 15.3. The van der Waals surface area contributed by atoms with Crippen LogP contribution in [0.4, 0.5) is 0 Å². The number of benzene rings is 1. The first kappa shape index (κ1) is 19.4. The van der Waals surface area contributed by atoms with Crippen LogP contribution in [0, 0.1) is 0 Å². The average Bonchev–Trinajstić information content (AvgIpc) is 3.40. The number of carbonyl (C=O) groups excluding carboxylic acids is 1. The third-order valence-electron chi connectivity index (χ3n) is 4.63. The molecule has 0 bridgehead atoms. The van der Waals surface area contributed by atoms with E-state index in [0.29, 0.717) is 41.9 Å². The van der Waals surface area contributed by atoms with Crippen molar-refractivity contribution in [2.45, 2.75) is 11.4 Å². The van der Waals surface area contributed by atoms with Crippen molar-refractivity contribution in [3.63, 3.8) is 0 Å². The van der Waals surface area contributed by atoms with Crippen LogP contribution in [0.25, 0.3) is 10.7 Å². The zero-order chi connectivity index (χ0) is 19.5. The Morgan fingerprint density at radius 1 is 1.29 bits per heavy atom. The van der Waals surface area contributed by atoms with Crippen molar-refractivity contribution < 1.29 is 9.32 Å². The summed E-state index contributed by atoms with van der Waals surface area (Å²) in [6.45, 7) is 3.38. The molecule has 0 N–H and O–H groups in total. The summed E-state index contributed by atoms with van der Waals surface area (Å²) in [6, 6.07) is 9.52. The lowest BCUT2D eigenvalue weighted by Gasteiger charge is -2.34. The molecule has 28 heavy (non-hydrogen) atoms. The largest absolute Gasteiger partial charge is 0.338 e. The van der Waals surface area contributed by atoms with Gasteiger partial charge < -0.3 is 9.42 Å². The van der Waals surface area contributed by atoms with Crippen molar-refractivity contribution in [1.29, 1.82) is 0 Å². The molecule has 1 aliphatic rings. The van der Waals surface area contributed by atoms with E-state index in [1.165, 1.54) is 0 Å². The molecule has 1 aromatic carbocycles. The number of amides is 1. The molecule has 0 spiro atoms. The number of rotatable bonds is 5. The van der Waals surface area contributed by atoms with Crippen molar-refractivity contribution >= 4 is 40.6 Å². The number of nitrogens with zero attached hydrogens (tertiary/aromatic N) is 4. The van der Waals surface area contributed by atoms with Crippen molar-refractivity contribution in [1.82, 2.24) is 19.9 Å². The molecule has 1 saturated heterocycles. The van der Waals surface area contributed by atoms with Crippen LogP contribution >= 0.6 is 34.7 Å². The second-order valence-electron chi connectivity index (χ2n) is 6.40. The van der Waals surface area contributed by atoms with E-state index in [-0.39, 0.29) is 5.91 Å². The highest BCUT2D eigenvalue weighted by molar-refractivity contribution is 7.98. The first-order valence-electron chi connectivity index (χ1n) is 8.85. The van der Waals surface area contributed by atoms with Gasteiger partial charge >= 0.3 is 0 Å². The van der Waals surface area contributed by atoms with Crippen molar-refractivity contribution in [2.75, 3.05) is 32.4 Å². The average molecular weight is 435 g/mol. The molecule has 6 nitrogen and oxygen atoms in total. The molecular formula is C19H19ClN4O2S2. The van der Waals surface area contributed by atoms with Crippen molar-refractivity contribution in [2.24, 2.45) is 0 Å². The summed E-state index contributed by atoms with van der Waals surface area (Å²) in [5.74, 6) is 1.21. The Morgan fingerprint density at radius 3 is 2.82 bits per heavy atom. The lowest BCUT2D eigenvalue weighted by atomic mass is 10.1. The summed E-state index contributed by atoms with van der Waals surface area (Å²) in [5.41, 5.74) is 0.569. The third kappa shape index (κ3) is 4.25. The van der Waals surface area contributed by atoms with Gasteiger partial charge in [-0.25, -0.2) is 0 Å². The molecule has 0 radical (unpaired) electrons. The van der Waals surface area contributed by atoms with E-state index >= 15 is 0 Å². The molecule has 1 fully saturated rings. The molecule has 2 aromatic heterocycles. The number of piperazine rings is 1. The minimum absolute atomic E-state index is 0.0154. The number of hydrogen-bond donors (Lipinski definition) is 0. The highest BCUT2D eigenvalue weighted by Crippen LogP contribution is 2.25. The SMILES string of the molecule is CSc1ccc(Cl)c(C(=O)N2CCN(Cc3nc(-c4cccs4)no3)CC2)c1. The van der Waals surface area contributed by atoms with Crippen LogP contribution < -0.4 is 0 Å². The molecule has 0 atom stereocenters. The van der Waals surface area contributed by atoms with Crippen molar-refractivity contribution in [3.05, 3.63) is 52.2 Å². The van der Waals surface area contributed by atoms with Crippen LogP contribution in [-0.4, -0.2) is 58.3 Å². The smallest absolute Gasteiger partial charge is 0.255 e. The van der Waals surface area contributed by atoms with Gasteiger partial charge in [0.25, 0.3) is 5.91 Å². The molecule has 9 heteroatoms. The fraction of sp³-hybridized carbons (Fsp3) is 0.316. The van der Waals surface area contributed by atoms with Gasteiger partial charge in [0.15, 0.2) is 0 Å². The first-order valence-corrected chi connectivity index (χ1v) is 11.3. The minimum atomic E-state index is -0.0154. The predicted molar refractivity (Wildman–Crippen MR) is 112 cm³/mol. The lowest BCUT2D eigenvalue weighted by Crippen LogP contribution is -2.48. The molecule has 1 amide bonds. The summed E-state index contributed by atoms with van der Waals surface area (Å²) in [6.07, 6.45) is 1.98. The van der Waals surface area contributed by atoms with Crippen LogP contribution in [0.2, 0.25) is 5.02 Å². The summed E-state index contributed by atoms with van der Waals surface area (Å²) in [5, 5.41) is 6.54. The molecule has 3 heterocycles. The maximum absolute atomic E-state index is 12.9. The molecule has 1 aliphatic heterocycles. The molecular weight excluding hydrogens is 416 g/mol. The van der Waals surface area contributed by atoms with Gasteiger partial charge in [-0.2, -0.15) is 4.98 Å². The van der Waals surface area contributed by atoms with E-state index < -0.39 is 0 Å². The molecule has 4 rings (SSSR count). The summed E-state index contributed by atoms with van der Waals surface area (Å²) >= 11 is 9.44. The highest BCUT2D eigenvalue weighted by Gasteiger charge is 2.25. The van der Waals surface area contributed by atoms with Gasteiger partial charge in [0, 0.05) is 31.1 Å². The van der Waals surface area contributed by atoms with E-state index in [1.807, 2.05) is 40.8 Å². The van der Waals surface area contributed by atoms with Crippen LogP contribution in [0.1, 0.15) is 16.2 Å². The number of hydrogen-bond acceptors (Lipinski definition) is 7. The second-order valence-corrected chi connectivity index (χ2v) is 8.64. The Kier molecular flexibility index (Phi) is 6.01. The van der Waals surface area contributed by atoms with E-state index in [1.54, 1.807) is 29.2 Å². The molecule has 0 saturated carbocycles. The number of thioether (sulfide) groups is 1. The van der Waals surface area contributed by atoms with E-state index in [4.69, 9.17) is 16.1 Å². The Hall–Kier alpha value is -1.87. The molecule has 3 aromatic rings. The van der Waals surface area contributed by atoms with E-state index in [9.17, 15) is 4.79 Å². The second kappa shape index (κ2) is 8.65. The van der Waals surface area contributed by atoms with Crippen LogP contribution in [-0.2, 0) is 6.54 Å². The van der Waals surface area contributed by atoms with Gasteiger partial charge in [0.05, 0.1) is 22.0 Å². The summed E-state index contributed by atoms with van der Waals surface area (Å²) < 4.78 is 5.38. The normalized spacial score (nSPS) is 15.1. The van der Waals surface area contributed by atoms with Gasteiger partial charge in [0.1, 0.15) is 0 Å². The quantitative estimate of drug-likeness (QED) is 0.562. The van der Waals surface area contributed by atoms with Crippen LogP contribution in [0.5, 0.6) is 0 Å². The topological polar surface area (TPSA) is 62.5 Å². The summed E-state index contributed by atoms with van der Waals surface area (Å²) in [4.78, 5) is 23.4. The van der Waals surface area contributed by atoms with E-state index in [0.717, 1.165) is 22.9 Å². The monoisotopic (exact) mass is 434 g/mol. The van der Waals surface area contributed by atoms with Gasteiger partial charge in [-0.15, -0.1) is 23.1 Å². The van der Waals surface area contributed by atoms with Gasteiger partial charge in [-0.05, 0) is 35.9 Å². The number of aromatic nitrogens is 2. The Labute approximate surface area is 176 Å². The van der Waals surface area contributed by atoms with Crippen molar-refractivity contribution in [3.8, 4) is 10.7 Å². The van der Waals surface area contributed by atoms with Gasteiger partial charge in [-0.1, -0.05) is 22.8 Å². The Morgan fingerprint density at radius 2 is 2.11 bits per heavy atom. The fourth-order valence-corrected chi connectivity index (χ4v) is 4.38. The zero-order valence-corrected chi connectivity index (χ0v) is 17.7. The van der Waals surface area contributed by atoms with Gasteiger partial charge in [0.2, 0.25) is 11.7 Å². The summed E-state index contributed by atoms with van der Waals surface area (Å²) in [7, 11) is 0. The number of carbonyl (C=O) groups is 1. The maximum atomic E-state index is 12.9. The molecule has 0 unspecified atom stereocenters. The number of thiophene rings is 1. The lowest BCUT2D eigenvalue weighted by molar-refractivity contribution is 0.0615. The standard InChI is InChI=1S/C19H19ClN4O2S2/c1-27-13-4-5-15(20)14(11-13)19(25)24-8-6-23(7-9-24)12-17-21-18(22-26-17)16-3-2-10-28-16/h2-5,10-11H,6-9,12H2,1H3. The predicted octanol–water partition coefficient (Wildman–Crippen LogP) is 4.13. The van der Waals surface area contributed by atoms with Gasteiger partial charge in [-0.3, -0.25) is 9.69 Å². The maximum Gasteiger partial charge on any atom is 0.255 e. The third-order valence-corrected chi connectivity index (χ3v) is 6.55. The van der Waals surface area contributed by atoms with Crippen LogP contribution in [0.3, 0.4) is 0 Å². The Bertz CT molecular complexity index is 953. The van der Waals surface area contributed by atoms with E-state index in [2.05, 4.69) is 15.0 Å². The highest BCUT2D eigenvalue weighted by atomic mass is 35.5. The first-order chi connectivity index (χ1) is 13.6.